The monoisotopic (exact) mass is 273 g/mol. The molecule has 1 heterocycles. The average molecular weight is 274 g/mol. The highest BCUT2D eigenvalue weighted by atomic mass is 35.5. The first kappa shape index (κ1) is 13.2. The van der Waals surface area contributed by atoms with Crippen molar-refractivity contribution in [1.82, 2.24) is 5.32 Å². The first-order valence-corrected chi connectivity index (χ1v) is 6.67. The number of benzene rings is 1. The number of ether oxygens (including phenoxy) is 1. The Bertz CT molecular complexity index is 357. The lowest BCUT2D eigenvalue weighted by molar-refractivity contribution is 0.0402. The zero-order chi connectivity index (χ0) is 12.3. The molecule has 17 heavy (non-hydrogen) atoms. The highest BCUT2D eigenvalue weighted by molar-refractivity contribution is 6.34. The quantitative estimate of drug-likeness (QED) is 0.907. The Hall–Kier alpha value is -0.280. The van der Waals surface area contributed by atoms with Crippen molar-refractivity contribution < 1.29 is 4.74 Å². The minimum Gasteiger partial charge on any atom is -0.381 e. The number of nitrogens with one attached hydrogen (secondary N) is 1. The zero-order valence-corrected chi connectivity index (χ0v) is 11.4. The number of hydrogen-bond donors (Lipinski definition) is 1. The minimum atomic E-state index is 0.256. The van der Waals surface area contributed by atoms with E-state index in [1.807, 2.05) is 19.2 Å². The van der Waals surface area contributed by atoms with Crippen LogP contribution in [-0.2, 0) is 4.74 Å². The molecule has 2 nitrogen and oxygen atoms in total. The van der Waals surface area contributed by atoms with E-state index in [0.717, 1.165) is 25.2 Å². The van der Waals surface area contributed by atoms with E-state index in [0.29, 0.717) is 16.0 Å². The van der Waals surface area contributed by atoms with E-state index in [2.05, 4.69) is 5.32 Å². The standard InChI is InChI=1S/C13H17Cl2NO/c1-16-13(9-3-2-4-17-8-9)10-5-11(14)7-12(15)6-10/h5-7,9,13,16H,2-4,8H2,1H3. The molecule has 0 aliphatic carbocycles. The predicted octanol–water partition coefficient (Wildman–Crippen LogP) is 3.68. The molecule has 1 aromatic rings. The lowest BCUT2D eigenvalue weighted by Gasteiger charge is -2.30. The second-order valence-electron chi connectivity index (χ2n) is 4.45. The van der Waals surface area contributed by atoms with Crippen LogP contribution in [0.2, 0.25) is 10.0 Å². The van der Waals surface area contributed by atoms with Gasteiger partial charge in [-0.15, -0.1) is 0 Å². The first-order valence-electron chi connectivity index (χ1n) is 5.91. The lowest BCUT2D eigenvalue weighted by atomic mass is 9.89. The fourth-order valence-corrected chi connectivity index (χ4v) is 3.00. The van der Waals surface area contributed by atoms with Crippen LogP contribution in [0.15, 0.2) is 18.2 Å². The van der Waals surface area contributed by atoms with Crippen molar-refractivity contribution in [3.63, 3.8) is 0 Å². The van der Waals surface area contributed by atoms with Gasteiger partial charge in [-0.1, -0.05) is 23.2 Å². The lowest BCUT2D eigenvalue weighted by Crippen LogP contribution is -2.31. The Morgan fingerprint density at radius 2 is 2.00 bits per heavy atom. The third kappa shape index (κ3) is 3.35. The summed E-state index contributed by atoms with van der Waals surface area (Å²) in [5.41, 5.74) is 1.14. The molecule has 1 N–H and O–H groups in total. The van der Waals surface area contributed by atoms with Crippen molar-refractivity contribution in [2.75, 3.05) is 20.3 Å². The van der Waals surface area contributed by atoms with Gasteiger partial charge in [0.15, 0.2) is 0 Å². The Morgan fingerprint density at radius 3 is 2.53 bits per heavy atom. The normalized spacial score (nSPS) is 22.4. The molecule has 0 bridgehead atoms. The van der Waals surface area contributed by atoms with Crippen molar-refractivity contribution in [1.29, 1.82) is 0 Å². The molecule has 4 heteroatoms. The molecule has 1 aliphatic rings. The summed E-state index contributed by atoms with van der Waals surface area (Å²) < 4.78 is 5.54. The van der Waals surface area contributed by atoms with Crippen molar-refractivity contribution in [2.24, 2.45) is 5.92 Å². The Balaban J connectivity index is 2.21. The van der Waals surface area contributed by atoms with Crippen molar-refractivity contribution in [3.8, 4) is 0 Å². The summed E-state index contributed by atoms with van der Waals surface area (Å²) in [4.78, 5) is 0. The maximum Gasteiger partial charge on any atom is 0.0512 e. The topological polar surface area (TPSA) is 21.3 Å². The van der Waals surface area contributed by atoms with E-state index in [9.17, 15) is 0 Å². The van der Waals surface area contributed by atoms with E-state index < -0.39 is 0 Å². The van der Waals surface area contributed by atoms with Crippen LogP contribution in [-0.4, -0.2) is 20.3 Å². The average Bonchev–Trinajstić information content (AvgIpc) is 2.30. The van der Waals surface area contributed by atoms with Gasteiger partial charge in [-0.3, -0.25) is 0 Å². The van der Waals surface area contributed by atoms with Gasteiger partial charge in [0.1, 0.15) is 0 Å². The highest BCUT2D eigenvalue weighted by Crippen LogP contribution is 2.31. The van der Waals surface area contributed by atoms with Gasteiger partial charge in [0.05, 0.1) is 6.61 Å². The van der Waals surface area contributed by atoms with E-state index in [1.54, 1.807) is 6.07 Å². The van der Waals surface area contributed by atoms with Crippen LogP contribution < -0.4 is 5.32 Å². The van der Waals surface area contributed by atoms with Gasteiger partial charge in [-0.05, 0) is 43.7 Å². The maximum atomic E-state index is 6.05. The van der Waals surface area contributed by atoms with Crippen LogP contribution in [0.5, 0.6) is 0 Å². The molecule has 0 spiro atoms. The second-order valence-corrected chi connectivity index (χ2v) is 5.32. The van der Waals surface area contributed by atoms with Crippen LogP contribution >= 0.6 is 23.2 Å². The molecule has 2 atom stereocenters. The molecule has 1 aromatic carbocycles. The van der Waals surface area contributed by atoms with Crippen LogP contribution in [0.25, 0.3) is 0 Å². The molecule has 94 valence electrons. The summed E-state index contributed by atoms with van der Waals surface area (Å²) in [5, 5.41) is 4.71. The van der Waals surface area contributed by atoms with Gasteiger partial charge in [0.25, 0.3) is 0 Å². The van der Waals surface area contributed by atoms with Gasteiger partial charge >= 0.3 is 0 Å². The largest absolute Gasteiger partial charge is 0.381 e. The number of halogens is 2. The highest BCUT2D eigenvalue weighted by Gasteiger charge is 2.24. The molecule has 0 radical (unpaired) electrons. The third-order valence-corrected chi connectivity index (χ3v) is 3.66. The molecule has 2 unspecified atom stereocenters. The van der Waals surface area contributed by atoms with E-state index in [-0.39, 0.29) is 6.04 Å². The summed E-state index contributed by atoms with van der Waals surface area (Å²) in [5.74, 6) is 0.489. The van der Waals surface area contributed by atoms with E-state index >= 15 is 0 Å². The van der Waals surface area contributed by atoms with Crippen LogP contribution in [0, 0.1) is 5.92 Å². The summed E-state index contributed by atoms with van der Waals surface area (Å²) in [7, 11) is 1.97. The zero-order valence-electron chi connectivity index (χ0n) is 9.88. The van der Waals surface area contributed by atoms with E-state index in [4.69, 9.17) is 27.9 Å². The summed E-state index contributed by atoms with van der Waals surface area (Å²) >= 11 is 12.1. The fraction of sp³-hybridized carbons (Fsp3) is 0.538. The molecular formula is C13H17Cl2NO. The summed E-state index contributed by atoms with van der Waals surface area (Å²) in [6.07, 6.45) is 2.30. The summed E-state index contributed by atoms with van der Waals surface area (Å²) in [6, 6.07) is 5.97. The minimum absolute atomic E-state index is 0.256. The molecule has 0 saturated carbocycles. The molecule has 1 fully saturated rings. The van der Waals surface area contributed by atoms with Gasteiger partial charge in [-0.2, -0.15) is 0 Å². The fourth-order valence-electron chi connectivity index (χ4n) is 2.46. The van der Waals surface area contributed by atoms with E-state index in [1.165, 1.54) is 6.42 Å². The van der Waals surface area contributed by atoms with Crippen LogP contribution in [0.4, 0.5) is 0 Å². The third-order valence-electron chi connectivity index (χ3n) is 3.22. The smallest absolute Gasteiger partial charge is 0.0512 e. The second kappa shape index (κ2) is 6.05. The Kier molecular flexibility index (Phi) is 4.69. The van der Waals surface area contributed by atoms with Crippen molar-refractivity contribution in [2.45, 2.75) is 18.9 Å². The molecule has 0 amide bonds. The SMILES string of the molecule is CNC(c1cc(Cl)cc(Cl)c1)C1CCCOC1. The Morgan fingerprint density at radius 1 is 1.29 bits per heavy atom. The number of hydrogen-bond acceptors (Lipinski definition) is 2. The van der Waals surface area contributed by atoms with Gasteiger partial charge in [0.2, 0.25) is 0 Å². The molecule has 2 rings (SSSR count). The summed E-state index contributed by atoms with van der Waals surface area (Å²) in [6.45, 7) is 1.68. The first-order chi connectivity index (χ1) is 8.20. The molecule has 1 aliphatic heterocycles. The van der Waals surface area contributed by atoms with Crippen LogP contribution in [0.1, 0.15) is 24.4 Å². The molecule has 1 saturated heterocycles. The molecular weight excluding hydrogens is 257 g/mol. The number of rotatable bonds is 3. The van der Waals surface area contributed by atoms with Gasteiger partial charge < -0.3 is 10.1 Å². The molecule has 0 aromatic heterocycles. The van der Waals surface area contributed by atoms with Crippen molar-refractivity contribution in [3.05, 3.63) is 33.8 Å². The Labute approximate surface area is 112 Å². The maximum absolute atomic E-state index is 6.05. The van der Waals surface area contributed by atoms with Crippen molar-refractivity contribution >= 4 is 23.2 Å². The van der Waals surface area contributed by atoms with Crippen LogP contribution in [0.3, 0.4) is 0 Å². The predicted molar refractivity (Wildman–Crippen MR) is 71.8 cm³/mol. The van der Waals surface area contributed by atoms with Gasteiger partial charge in [0, 0.05) is 28.6 Å². The van der Waals surface area contributed by atoms with Gasteiger partial charge in [-0.25, -0.2) is 0 Å².